The molecule has 1 aromatic carbocycles. The molecule has 0 aliphatic carbocycles. The molecule has 0 N–H and O–H groups in total. The summed E-state index contributed by atoms with van der Waals surface area (Å²) < 4.78 is 0. The van der Waals surface area contributed by atoms with Gasteiger partial charge in [0.05, 0.1) is 0 Å². The van der Waals surface area contributed by atoms with Crippen LogP contribution in [0, 0.1) is 6.92 Å². The summed E-state index contributed by atoms with van der Waals surface area (Å²) in [4.78, 5) is 2.45. The summed E-state index contributed by atoms with van der Waals surface area (Å²) in [5.74, 6) is 0. The van der Waals surface area contributed by atoms with E-state index < -0.39 is 0 Å². The highest BCUT2D eigenvalue weighted by atomic mass is 15.1. The molecule has 2 rings (SSSR count). The first-order valence-corrected chi connectivity index (χ1v) is 5.65. The Labute approximate surface area is 87.7 Å². The van der Waals surface area contributed by atoms with Crippen LogP contribution in [0.2, 0.25) is 0 Å². The molecule has 0 bridgehead atoms. The van der Waals surface area contributed by atoms with Crippen molar-refractivity contribution in [3.8, 4) is 0 Å². The van der Waals surface area contributed by atoms with Gasteiger partial charge in [-0.2, -0.15) is 0 Å². The Bertz CT molecular complexity index is 291. The van der Waals surface area contributed by atoms with Crippen molar-refractivity contribution in [2.75, 3.05) is 18.0 Å². The molecular weight excluding hydrogens is 170 g/mol. The van der Waals surface area contributed by atoms with Crippen LogP contribution in [0.3, 0.4) is 0 Å². The van der Waals surface area contributed by atoms with E-state index in [1.165, 1.54) is 29.8 Å². The Balaban J connectivity index is 0.000000461. The van der Waals surface area contributed by atoms with Crippen LogP contribution in [-0.4, -0.2) is 13.1 Å². The number of benzene rings is 1. The van der Waals surface area contributed by atoms with E-state index in [0.29, 0.717) is 0 Å². The molecule has 0 spiro atoms. The third-order valence-corrected chi connectivity index (χ3v) is 2.61. The molecule has 1 heteroatoms. The lowest BCUT2D eigenvalue weighted by atomic mass is 10.1. The predicted octanol–water partition coefficient (Wildman–Crippen LogP) is 3.40. The largest absolute Gasteiger partial charge is 0.371 e. The lowest BCUT2D eigenvalue weighted by molar-refractivity contribution is 0.868. The van der Waals surface area contributed by atoms with Gasteiger partial charge in [0.15, 0.2) is 0 Å². The number of rotatable bonds is 1. The molecule has 0 radical (unpaired) electrons. The molecule has 1 nitrogen and oxygen atoms in total. The average molecular weight is 191 g/mol. The van der Waals surface area contributed by atoms with Gasteiger partial charge < -0.3 is 4.90 Å². The summed E-state index contributed by atoms with van der Waals surface area (Å²) in [5, 5.41) is 0. The van der Waals surface area contributed by atoms with E-state index >= 15 is 0 Å². The van der Waals surface area contributed by atoms with Gasteiger partial charge in [-0.15, -0.1) is 0 Å². The van der Waals surface area contributed by atoms with Crippen LogP contribution < -0.4 is 4.90 Å². The van der Waals surface area contributed by atoms with Crippen molar-refractivity contribution in [2.45, 2.75) is 34.1 Å². The summed E-state index contributed by atoms with van der Waals surface area (Å²) in [6, 6.07) is 6.77. The maximum Gasteiger partial charge on any atom is 0.0402 e. The zero-order valence-corrected chi connectivity index (χ0v) is 9.80. The van der Waals surface area contributed by atoms with Crippen molar-refractivity contribution in [3.05, 3.63) is 29.3 Å². The second-order valence-corrected chi connectivity index (χ2v) is 3.46. The predicted molar refractivity (Wildman–Crippen MR) is 64.1 cm³/mol. The molecule has 14 heavy (non-hydrogen) atoms. The van der Waals surface area contributed by atoms with Crippen LogP contribution in [-0.2, 0) is 6.42 Å². The van der Waals surface area contributed by atoms with Crippen molar-refractivity contribution >= 4 is 5.69 Å². The quantitative estimate of drug-likeness (QED) is 0.657. The van der Waals surface area contributed by atoms with E-state index in [1.807, 2.05) is 13.8 Å². The Hall–Kier alpha value is -0.980. The molecule has 1 heterocycles. The molecule has 78 valence electrons. The van der Waals surface area contributed by atoms with Gasteiger partial charge in [0.1, 0.15) is 0 Å². The van der Waals surface area contributed by atoms with Gasteiger partial charge in [0, 0.05) is 18.8 Å². The Kier molecular flexibility index (Phi) is 3.99. The van der Waals surface area contributed by atoms with Gasteiger partial charge >= 0.3 is 0 Å². The van der Waals surface area contributed by atoms with Crippen LogP contribution in [0.25, 0.3) is 0 Å². The number of anilines is 1. The van der Waals surface area contributed by atoms with Crippen molar-refractivity contribution in [1.82, 2.24) is 0 Å². The normalized spacial score (nSPS) is 13.3. The zero-order valence-electron chi connectivity index (χ0n) is 9.80. The maximum absolute atomic E-state index is 2.45. The minimum absolute atomic E-state index is 1.14. The third kappa shape index (κ3) is 2.09. The van der Waals surface area contributed by atoms with Crippen LogP contribution in [0.5, 0.6) is 0 Å². The SMILES string of the molecule is CC.CCN1CCc2ccc(C)cc21. The number of aryl methyl sites for hydroxylation is 1. The van der Waals surface area contributed by atoms with E-state index in [9.17, 15) is 0 Å². The van der Waals surface area contributed by atoms with Gasteiger partial charge in [-0.05, 0) is 37.5 Å². The highest BCUT2D eigenvalue weighted by molar-refractivity contribution is 5.59. The van der Waals surface area contributed by atoms with Crippen LogP contribution in [0.4, 0.5) is 5.69 Å². The summed E-state index contributed by atoms with van der Waals surface area (Å²) in [7, 11) is 0. The second-order valence-electron chi connectivity index (χ2n) is 3.46. The lowest BCUT2D eigenvalue weighted by Gasteiger charge is -2.16. The maximum atomic E-state index is 2.45. The summed E-state index contributed by atoms with van der Waals surface area (Å²) in [6.07, 6.45) is 1.23. The minimum atomic E-state index is 1.14. The van der Waals surface area contributed by atoms with Gasteiger partial charge in [0.2, 0.25) is 0 Å². The molecule has 0 unspecified atom stereocenters. The third-order valence-electron chi connectivity index (χ3n) is 2.61. The molecule has 0 atom stereocenters. The highest BCUT2D eigenvalue weighted by Gasteiger charge is 2.16. The minimum Gasteiger partial charge on any atom is -0.371 e. The standard InChI is InChI=1S/C11H15N.C2H6/c1-3-12-7-6-10-5-4-9(2)8-11(10)12;1-2/h4-5,8H,3,6-7H2,1-2H3;1-2H3. The monoisotopic (exact) mass is 191 g/mol. The number of nitrogens with zero attached hydrogens (tertiary/aromatic N) is 1. The second kappa shape index (κ2) is 5.04. The zero-order chi connectivity index (χ0) is 10.6. The highest BCUT2D eigenvalue weighted by Crippen LogP contribution is 2.28. The average Bonchev–Trinajstić information content (AvgIpc) is 2.63. The Morgan fingerprint density at radius 2 is 2.00 bits per heavy atom. The molecule has 0 fully saturated rings. The Morgan fingerprint density at radius 3 is 2.64 bits per heavy atom. The van der Waals surface area contributed by atoms with E-state index in [2.05, 4.69) is 36.9 Å². The van der Waals surface area contributed by atoms with Crippen LogP contribution in [0.1, 0.15) is 31.9 Å². The van der Waals surface area contributed by atoms with Crippen molar-refractivity contribution in [2.24, 2.45) is 0 Å². The van der Waals surface area contributed by atoms with Gasteiger partial charge in [-0.1, -0.05) is 26.0 Å². The molecule has 1 aromatic rings. The fourth-order valence-electron chi connectivity index (χ4n) is 1.88. The van der Waals surface area contributed by atoms with Crippen molar-refractivity contribution in [1.29, 1.82) is 0 Å². The summed E-state index contributed by atoms with van der Waals surface area (Å²) >= 11 is 0. The summed E-state index contributed by atoms with van der Waals surface area (Å²) in [6.45, 7) is 10.7. The number of hydrogen-bond donors (Lipinski definition) is 0. The van der Waals surface area contributed by atoms with E-state index in [-0.39, 0.29) is 0 Å². The molecule has 1 aliphatic rings. The first-order chi connectivity index (χ1) is 6.81. The number of hydrogen-bond acceptors (Lipinski definition) is 1. The molecule has 0 saturated carbocycles. The molecular formula is C13H21N. The van der Waals surface area contributed by atoms with E-state index in [4.69, 9.17) is 0 Å². The van der Waals surface area contributed by atoms with Gasteiger partial charge in [-0.25, -0.2) is 0 Å². The number of fused-ring (bicyclic) bond motifs is 1. The van der Waals surface area contributed by atoms with Crippen molar-refractivity contribution < 1.29 is 0 Å². The first kappa shape index (κ1) is 11.1. The fourth-order valence-corrected chi connectivity index (χ4v) is 1.88. The fraction of sp³-hybridized carbons (Fsp3) is 0.538. The Morgan fingerprint density at radius 1 is 1.29 bits per heavy atom. The van der Waals surface area contributed by atoms with Crippen LogP contribution in [0.15, 0.2) is 18.2 Å². The van der Waals surface area contributed by atoms with E-state index in [0.717, 1.165) is 6.54 Å². The first-order valence-electron chi connectivity index (χ1n) is 5.65. The molecule has 0 saturated heterocycles. The number of likely N-dealkylation sites (N-methyl/N-ethyl adjacent to an activating group) is 1. The van der Waals surface area contributed by atoms with Gasteiger partial charge in [-0.3, -0.25) is 0 Å². The molecule has 0 aromatic heterocycles. The lowest BCUT2D eigenvalue weighted by Crippen LogP contribution is -2.19. The van der Waals surface area contributed by atoms with E-state index in [1.54, 1.807) is 0 Å². The van der Waals surface area contributed by atoms with Crippen LogP contribution >= 0.6 is 0 Å². The molecule has 1 aliphatic heterocycles. The van der Waals surface area contributed by atoms with Crippen molar-refractivity contribution in [3.63, 3.8) is 0 Å². The summed E-state index contributed by atoms with van der Waals surface area (Å²) in [5.41, 5.74) is 4.34. The smallest absolute Gasteiger partial charge is 0.0402 e. The van der Waals surface area contributed by atoms with Gasteiger partial charge in [0.25, 0.3) is 0 Å². The topological polar surface area (TPSA) is 3.24 Å². The molecule has 0 amide bonds.